The number of fused-ring (bicyclic) bond motifs is 1. The number of carbonyl (C=O) groups is 4. The second-order valence-corrected chi connectivity index (χ2v) is 10.6. The van der Waals surface area contributed by atoms with Gasteiger partial charge < -0.3 is 19.7 Å². The van der Waals surface area contributed by atoms with Gasteiger partial charge in [0, 0.05) is 26.2 Å². The summed E-state index contributed by atoms with van der Waals surface area (Å²) >= 11 is 0. The lowest BCUT2D eigenvalue weighted by atomic mass is 9.85. The van der Waals surface area contributed by atoms with Gasteiger partial charge in [-0.2, -0.15) is 0 Å². The highest BCUT2D eigenvalue weighted by molar-refractivity contribution is 6.17. The van der Waals surface area contributed by atoms with Gasteiger partial charge in [-0.05, 0) is 49.9 Å². The molecule has 3 aliphatic rings. The number of aryl methyl sites for hydroxylation is 1. The molecule has 0 saturated carbocycles. The highest BCUT2D eigenvalue weighted by atomic mass is 19.1. The highest BCUT2D eigenvalue weighted by Gasteiger charge is 2.58. The van der Waals surface area contributed by atoms with Crippen LogP contribution in [0.4, 0.5) is 14.9 Å². The maximum atomic E-state index is 14.3. The number of urea groups is 1. The molecule has 3 heterocycles. The second-order valence-electron chi connectivity index (χ2n) is 10.6. The summed E-state index contributed by atoms with van der Waals surface area (Å²) in [5, 5.41) is 2.70. The lowest BCUT2D eigenvalue weighted by Crippen LogP contribution is -2.60. The van der Waals surface area contributed by atoms with Crippen LogP contribution in [0.1, 0.15) is 42.6 Å². The minimum Gasteiger partial charge on any atom is -0.454 e. The summed E-state index contributed by atoms with van der Waals surface area (Å²) in [4.78, 5) is 57.2. The first-order valence-electron chi connectivity index (χ1n) is 12.9. The molecule has 2 fully saturated rings. The summed E-state index contributed by atoms with van der Waals surface area (Å²) in [6.07, 6.45) is 0.431. The van der Waals surface area contributed by atoms with E-state index in [0.29, 0.717) is 17.2 Å². The first kappa shape index (κ1) is 26.5. The van der Waals surface area contributed by atoms with Gasteiger partial charge in [-0.15, -0.1) is 0 Å². The van der Waals surface area contributed by atoms with Gasteiger partial charge in [0.1, 0.15) is 17.4 Å². The fraction of sp³-hybridized carbons (Fsp3) is 0.429. The van der Waals surface area contributed by atoms with Gasteiger partial charge in [-0.3, -0.25) is 24.2 Å². The molecule has 0 aromatic heterocycles. The quantitative estimate of drug-likeness (QED) is 0.587. The Bertz CT molecular complexity index is 1350. The van der Waals surface area contributed by atoms with E-state index >= 15 is 0 Å². The Hall–Kier alpha value is -4.15. The van der Waals surface area contributed by atoms with Crippen molar-refractivity contribution in [3.8, 4) is 11.5 Å². The van der Waals surface area contributed by atoms with Crippen molar-refractivity contribution in [2.24, 2.45) is 5.92 Å². The van der Waals surface area contributed by atoms with Crippen LogP contribution in [0, 0.1) is 18.7 Å². The smallest absolute Gasteiger partial charge is 0.331 e. The van der Waals surface area contributed by atoms with Crippen LogP contribution in [-0.2, 0) is 9.59 Å². The van der Waals surface area contributed by atoms with Crippen LogP contribution in [0.25, 0.3) is 0 Å². The average molecular weight is 539 g/mol. The van der Waals surface area contributed by atoms with Gasteiger partial charge >= 0.3 is 6.03 Å². The predicted octanol–water partition coefficient (Wildman–Crippen LogP) is 3.08. The van der Waals surface area contributed by atoms with Crippen molar-refractivity contribution in [3.63, 3.8) is 0 Å². The molecule has 1 atom stereocenters. The van der Waals surface area contributed by atoms with Crippen LogP contribution in [0.15, 0.2) is 36.4 Å². The van der Waals surface area contributed by atoms with E-state index < -0.39 is 29.3 Å². The van der Waals surface area contributed by atoms with Crippen molar-refractivity contribution in [1.29, 1.82) is 0 Å². The number of carbonyl (C=O) groups excluding carboxylic acids is 4. The van der Waals surface area contributed by atoms with E-state index in [4.69, 9.17) is 9.47 Å². The Balaban J connectivity index is 1.35. The lowest BCUT2D eigenvalue weighted by Gasteiger charge is -2.43. The van der Waals surface area contributed by atoms with Crippen molar-refractivity contribution < 1.29 is 33.0 Å². The minimum atomic E-state index is -1.16. The maximum absolute atomic E-state index is 14.3. The lowest BCUT2D eigenvalue weighted by molar-refractivity contribution is -0.139. The monoisotopic (exact) mass is 538 g/mol. The molecule has 3 aliphatic heterocycles. The van der Waals surface area contributed by atoms with E-state index in [9.17, 15) is 23.6 Å². The molecule has 39 heavy (non-hydrogen) atoms. The van der Waals surface area contributed by atoms with Gasteiger partial charge in [0.25, 0.3) is 11.8 Å². The standard InChI is InChI=1S/C28H31FN4O6/c1-16(2)23(30-24(34)19-13-17(3)5-7-20(19)29)25(35)32-11-9-28(10-12-32)26(36)31(4)27(37)33(28)18-6-8-21-22(14-18)39-15-38-21/h5-8,13-14,16,23H,9-12,15H2,1-4H3,(H,30,34)/t23-/m1/s1. The SMILES string of the molecule is Cc1ccc(F)c(C(=O)N[C@@H](C(=O)N2CCC3(CC2)C(=O)N(C)C(=O)N3c2ccc3c(c2)OCO3)C(C)C)c1. The van der Waals surface area contributed by atoms with Gasteiger partial charge in [-0.25, -0.2) is 9.18 Å². The first-order chi connectivity index (χ1) is 18.5. The Morgan fingerprint density at radius 2 is 1.72 bits per heavy atom. The van der Waals surface area contributed by atoms with E-state index in [0.717, 1.165) is 10.5 Å². The number of halogens is 1. The summed E-state index contributed by atoms with van der Waals surface area (Å²) < 4.78 is 25.2. The van der Waals surface area contributed by atoms with Crippen molar-refractivity contribution in [3.05, 3.63) is 53.3 Å². The number of likely N-dealkylation sites (tertiary alicyclic amines) is 1. The van der Waals surface area contributed by atoms with Crippen LogP contribution < -0.4 is 19.7 Å². The molecule has 1 spiro atoms. The van der Waals surface area contributed by atoms with E-state index in [1.807, 2.05) is 0 Å². The third-order valence-corrected chi connectivity index (χ3v) is 7.71. The molecule has 11 heteroatoms. The normalized spacial score (nSPS) is 18.8. The molecular weight excluding hydrogens is 507 g/mol. The van der Waals surface area contributed by atoms with Crippen LogP contribution in [-0.4, -0.2) is 72.1 Å². The van der Waals surface area contributed by atoms with E-state index in [1.165, 1.54) is 24.1 Å². The molecule has 5 rings (SSSR count). The fourth-order valence-electron chi connectivity index (χ4n) is 5.49. The molecule has 0 unspecified atom stereocenters. The number of likely N-dealkylation sites (N-methyl/N-ethyl adjacent to an activating group) is 1. The number of hydrogen-bond acceptors (Lipinski definition) is 6. The zero-order chi connectivity index (χ0) is 28.1. The number of anilines is 1. The van der Waals surface area contributed by atoms with E-state index in [2.05, 4.69) is 5.32 Å². The molecule has 2 saturated heterocycles. The maximum Gasteiger partial charge on any atom is 0.331 e. The first-order valence-corrected chi connectivity index (χ1v) is 12.9. The Labute approximate surface area is 225 Å². The molecule has 0 bridgehead atoms. The molecule has 10 nitrogen and oxygen atoms in total. The number of piperidine rings is 1. The molecule has 0 aliphatic carbocycles. The number of hydrogen-bond donors (Lipinski definition) is 1. The Morgan fingerprint density at radius 3 is 2.41 bits per heavy atom. The minimum absolute atomic E-state index is 0.0812. The van der Waals surface area contributed by atoms with Crippen molar-refractivity contribution in [1.82, 2.24) is 15.1 Å². The Morgan fingerprint density at radius 1 is 1.03 bits per heavy atom. The average Bonchev–Trinajstić information content (AvgIpc) is 3.45. The van der Waals surface area contributed by atoms with Crippen molar-refractivity contribution in [2.75, 3.05) is 31.8 Å². The van der Waals surface area contributed by atoms with Crippen LogP contribution in [0.3, 0.4) is 0 Å². The second kappa shape index (κ2) is 9.87. The molecule has 2 aromatic rings. The number of amides is 5. The third-order valence-electron chi connectivity index (χ3n) is 7.71. The van der Waals surface area contributed by atoms with Gasteiger partial charge in [0.05, 0.1) is 11.3 Å². The topological polar surface area (TPSA) is 108 Å². The molecule has 2 aromatic carbocycles. The number of nitrogens with zero attached hydrogens (tertiary/aromatic N) is 3. The van der Waals surface area contributed by atoms with Crippen LogP contribution in [0.2, 0.25) is 0 Å². The van der Waals surface area contributed by atoms with E-state index in [1.54, 1.807) is 49.9 Å². The van der Waals surface area contributed by atoms with Crippen molar-refractivity contribution in [2.45, 2.75) is 45.2 Å². The Kier molecular flexibility index (Phi) is 6.69. The molecule has 0 radical (unpaired) electrons. The molecule has 206 valence electrons. The van der Waals surface area contributed by atoms with Crippen molar-refractivity contribution >= 4 is 29.4 Å². The van der Waals surface area contributed by atoms with E-state index in [-0.39, 0.29) is 56.0 Å². The zero-order valence-electron chi connectivity index (χ0n) is 22.3. The largest absolute Gasteiger partial charge is 0.454 e. The molecule has 5 amide bonds. The predicted molar refractivity (Wildman–Crippen MR) is 139 cm³/mol. The number of imide groups is 1. The number of rotatable bonds is 5. The zero-order valence-corrected chi connectivity index (χ0v) is 22.3. The molecule has 1 N–H and O–H groups in total. The summed E-state index contributed by atoms with van der Waals surface area (Å²) in [6.45, 7) is 5.84. The summed E-state index contributed by atoms with van der Waals surface area (Å²) in [7, 11) is 1.45. The highest BCUT2D eigenvalue weighted by Crippen LogP contribution is 2.43. The third kappa shape index (κ3) is 4.45. The van der Waals surface area contributed by atoms with Crippen LogP contribution >= 0.6 is 0 Å². The van der Waals surface area contributed by atoms with Crippen LogP contribution in [0.5, 0.6) is 11.5 Å². The number of ether oxygens (including phenoxy) is 2. The number of nitrogens with one attached hydrogen (secondary N) is 1. The summed E-state index contributed by atoms with van der Waals surface area (Å²) in [6, 6.07) is 8.00. The van der Waals surface area contributed by atoms with Gasteiger partial charge in [0.2, 0.25) is 12.7 Å². The fourth-order valence-corrected chi connectivity index (χ4v) is 5.49. The molecular formula is C28H31FN4O6. The number of benzene rings is 2. The summed E-state index contributed by atoms with van der Waals surface area (Å²) in [5.41, 5.74) is -0.0433. The summed E-state index contributed by atoms with van der Waals surface area (Å²) in [5.74, 6) is -1.19. The van der Waals surface area contributed by atoms with Gasteiger partial charge in [-0.1, -0.05) is 25.5 Å². The van der Waals surface area contributed by atoms with Gasteiger partial charge in [0.15, 0.2) is 11.5 Å².